The first-order chi connectivity index (χ1) is 10.1. The van der Waals surface area contributed by atoms with Crippen LogP contribution in [0.3, 0.4) is 0 Å². The highest BCUT2D eigenvalue weighted by molar-refractivity contribution is 6.32. The van der Waals surface area contributed by atoms with Crippen molar-refractivity contribution in [3.8, 4) is 11.5 Å². The normalized spacial score (nSPS) is 10.2. The highest BCUT2D eigenvalue weighted by atomic mass is 35.5. The highest BCUT2D eigenvalue weighted by Crippen LogP contribution is 2.37. The summed E-state index contributed by atoms with van der Waals surface area (Å²) in [5.41, 5.74) is 0.904. The van der Waals surface area contributed by atoms with Crippen molar-refractivity contribution in [2.75, 3.05) is 6.61 Å². The molecule has 2 rings (SSSR count). The van der Waals surface area contributed by atoms with Gasteiger partial charge in [0, 0.05) is 5.56 Å². The second-order valence-corrected chi connectivity index (χ2v) is 4.69. The summed E-state index contributed by atoms with van der Waals surface area (Å²) in [6.07, 6.45) is 0. The molecule has 0 N–H and O–H groups in total. The molecule has 2 aromatic rings. The third-order valence-corrected chi connectivity index (χ3v) is 3.05. The van der Waals surface area contributed by atoms with Crippen LogP contribution in [-0.4, -0.2) is 12.6 Å². The number of carboxylic acid groups (broad SMARTS) is 1. The van der Waals surface area contributed by atoms with E-state index in [1.165, 1.54) is 12.1 Å². The molecular formula is C16H14ClO4-. The number of ether oxygens (including phenoxy) is 2. The molecule has 0 amide bonds. The van der Waals surface area contributed by atoms with Crippen LogP contribution in [0.2, 0.25) is 5.02 Å². The van der Waals surface area contributed by atoms with Gasteiger partial charge >= 0.3 is 0 Å². The summed E-state index contributed by atoms with van der Waals surface area (Å²) in [6, 6.07) is 12.2. The zero-order valence-corrected chi connectivity index (χ0v) is 12.2. The third kappa shape index (κ3) is 3.89. The van der Waals surface area contributed by atoms with Crippen molar-refractivity contribution in [1.29, 1.82) is 0 Å². The van der Waals surface area contributed by atoms with Crippen molar-refractivity contribution in [2.24, 2.45) is 0 Å². The van der Waals surface area contributed by atoms with Crippen LogP contribution in [0.25, 0.3) is 0 Å². The van der Waals surface area contributed by atoms with Gasteiger partial charge in [0.2, 0.25) is 0 Å². The lowest BCUT2D eigenvalue weighted by molar-refractivity contribution is -0.255. The number of rotatable bonds is 6. The van der Waals surface area contributed by atoms with Gasteiger partial charge in [0.25, 0.3) is 0 Å². The van der Waals surface area contributed by atoms with E-state index < -0.39 is 5.97 Å². The molecule has 0 aromatic heterocycles. The van der Waals surface area contributed by atoms with Gasteiger partial charge in [0.1, 0.15) is 6.61 Å². The minimum Gasteiger partial charge on any atom is -0.545 e. The summed E-state index contributed by atoms with van der Waals surface area (Å²) in [5.74, 6) is -0.697. The average Bonchev–Trinajstić information content (AvgIpc) is 2.48. The van der Waals surface area contributed by atoms with Gasteiger partial charge in [0.15, 0.2) is 11.5 Å². The summed E-state index contributed by atoms with van der Waals surface area (Å²) in [7, 11) is 0. The Bertz CT molecular complexity index is 626. The van der Waals surface area contributed by atoms with Gasteiger partial charge in [-0.15, -0.1) is 0 Å². The fourth-order valence-corrected chi connectivity index (χ4v) is 2.08. The standard InChI is InChI=1S/C16H15ClO4/c1-2-20-15-13(17)8-12(16(18)19)9-14(15)21-10-11-6-4-3-5-7-11/h3-9H,2,10H2,1H3,(H,18,19)/p-1. The number of carboxylic acids is 1. The van der Waals surface area contributed by atoms with Crippen molar-refractivity contribution in [1.82, 2.24) is 0 Å². The summed E-state index contributed by atoms with van der Waals surface area (Å²) < 4.78 is 11.1. The largest absolute Gasteiger partial charge is 0.545 e. The Hall–Kier alpha value is -2.20. The number of hydrogen-bond donors (Lipinski definition) is 0. The van der Waals surface area contributed by atoms with Gasteiger partial charge in [-0.05, 0) is 24.6 Å². The molecule has 0 spiro atoms. The van der Waals surface area contributed by atoms with Crippen LogP contribution in [0.4, 0.5) is 0 Å². The third-order valence-electron chi connectivity index (χ3n) is 2.77. The van der Waals surface area contributed by atoms with Crippen molar-refractivity contribution >= 4 is 17.6 Å². The summed E-state index contributed by atoms with van der Waals surface area (Å²) >= 11 is 6.04. The van der Waals surface area contributed by atoms with Crippen LogP contribution in [0, 0.1) is 0 Å². The van der Waals surface area contributed by atoms with Crippen LogP contribution in [0.1, 0.15) is 22.8 Å². The van der Waals surface area contributed by atoms with Crippen LogP contribution >= 0.6 is 11.6 Å². The molecule has 5 heteroatoms. The quantitative estimate of drug-likeness (QED) is 0.823. The number of carbonyl (C=O) groups is 1. The second kappa shape index (κ2) is 6.99. The van der Waals surface area contributed by atoms with E-state index in [0.717, 1.165) is 5.56 Å². The maximum Gasteiger partial charge on any atom is 0.179 e. The van der Waals surface area contributed by atoms with Gasteiger partial charge in [0.05, 0.1) is 17.6 Å². The first-order valence-electron chi connectivity index (χ1n) is 6.46. The lowest BCUT2D eigenvalue weighted by atomic mass is 10.2. The lowest BCUT2D eigenvalue weighted by Crippen LogP contribution is -2.22. The fraction of sp³-hybridized carbons (Fsp3) is 0.188. The Labute approximate surface area is 127 Å². The average molecular weight is 306 g/mol. The molecule has 0 saturated heterocycles. The fourth-order valence-electron chi connectivity index (χ4n) is 1.81. The number of benzene rings is 2. The molecule has 0 atom stereocenters. The molecule has 4 nitrogen and oxygen atoms in total. The molecule has 2 aromatic carbocycles. The molecule has 21 heavy (non-hydrogen) atoms. The molecular weight excluding hydrogens is 292 g/mol. The van der Waals surface area contributed by atoms with E-state index in [1.54, 1.807) is 0 Å². The smallest absolute Gasteiger partial charge is 0.179 e. The Kier molecular flexibility index (Phi) is 5.06. The van der Waals surface area contributed by atoms with Crippen molar-refractivity contribution in [3.05, 3.63) is 58.6 Å². The molecule has 0 unspecified atom stereocenters. The van der Waals surface area contributed by atoms with Gasteiger partial charge in [-0.2, -0.15) is 0 Å². The summed E-state index contributed by atoms with van der Waals surface area (Å²) in [5, 5.41) is 11.2. The topological polar surface area (TPSA) is 58.6 Å². The van der Waals surface area contributed by atoms with Crippen LogP contribution in [-0.2, 0) is 6.61 Å². The SMILES string of the molecule is CCOc1c(Cl)cc(C(=O)[O-])cc1OCc1ccccc1. The van der Waals surface area contributed by atoms with Gasteiger partial charge < -0.3 is 19.4 Å². The summed E-state index contributed by atoms with van der Waals surface area (Å²) in [6.45, 7) is 2.49. The van der Waals surface area contributed by atoms with E-state index in [4.69, 9.17) is 21.1 Å². The number of hydrogen-bond acceptors (Lipinski definition) is 4. The highest BCUT2D eigenvalue weighted by Gasteiger charge is 2.13. The molecule has 0 radical (unpaired) electrons. The molecule has 0 heterocycles. The number of aromatic carboxylic acids is 1. The second-order valence-electron chi connectivity index (χ2n) is 4.28. The van der Waals surface area contributed by atoms with Gasteiger partial charge in [-0.3, -0.25) is 0 Å². The first-order valence-corrected chi connectivity index (χ1v) is 6.84. The lowest BCUT2D eigenvalue weighted by Gasteiger charge is -2.15. The molecule has 0 saturated carbocycles. The van der Waals surface area contributed by atoms with E-state index in [1.807, 2.05) is 37.3 Å². The predicted molar refractivity (Wildman–Crippen MR) is 77.7 cm³/mol. The monoisotopic (exact) mass is 305 g/mol. The molecule has 110 valence electrons. The first kappa shape index (κ1) is 15.2. The molecule has 0 aliphatic carbocycles. The van der Waals surface area contributed by atoms with Crippen LogP contribution in [0.15, 0.2) is 42.5 Å². The maximum absolute atomic E-state index is 11.0. The molecule has 0 fully saturated rings. The van der Waals surface area contributed by atoms with Crippen LogP contribution < -0.4 is 14.6 Å². The predicted octanol–water partition coefficient (Wildman–Crippen LogP) is 2.68. The molecule has 0 aliphatic heterocycles. The number of carbonyl (C=O) groups excluding carboxylic acids is 1. The van der Waals surface area contributed by atoms with E-state index in [9.17, 15) is 9.90 Å². The minimum absolute atomic E-state index is 0.0495. The van der Waals surface area contributed by atoms with Crippen molar-refractivity contribution < 1.29 is 19.4 Å². The molecule has 0 bridgehead atoms. The van der Waals surface area contributed by atoms with Crippen molar-refractivity contribution in [3.63, 3.8) is 0 Å². The Morgan fingerprint density at radius 2 is 1.90 bits per heavy atom. The van der Waals surface area contributed by atoms with E-state index in [2.05, 4.69) is 0 Å². The maximum atomic E-state index is 11.0. The molecule has 0 aliphatic rings. The number of halogens is 1. The van der Waals surface area contributed by atoms with Crippen LogP contribution in [0.5, 0.6) is 11.5 Å². The minimum atomic E-state index is -1.32. The Balaban J connectivity index is 2.28. The van der Waals surface area contributed by atoms with Crippen molar-refractivity contribution in [2.45, 2.75) is 13.5 Å². The van der Waals surface area contributed by atoms with E-state index >= 15 is 0 Å². The van der Waals surface area contributed by atoms with Gasteiger partial charge in [-0.25, -0.2) is 0 Å². The summed E-state index contributed by atoms with van der Waals surface area (Å²) in [4.78, 5) is 11.0. The Morgan fingerprint density at radius 1 is 1.19 bits per heavy atom. The zero-order chi connectivity index (χ0) is 15.2. The van der Waals surface area contributed by atoms with Gasteiger partial charge in [-0.1, -0.05) is 41.9 Å². The van der Waals surface area contributed by atoms with E-state index in [0.29, 0.717) is 12.4 Å². The zero-order valence-electron chi connectivity index (χ0n) is 11.5. The Morgan fingerprint density at radius 3 is 2.52 bits per heavy atom. The van der Waals surface area contributed by atoms with E-state index in [-0.39, 0.29) is 22.9 Å².